The highest BCUT2D eigenvalue weighted by molar-refractivity contribution is 5.73. The minimum absolute atomic E-state index is 0.201. The van der Waals surface area contributed by atoms with Gasteiger partial charge in [0, 0.05) is 17.4 Å². The summed E-state index contributed by atoms with van der Waals surface area (Å²) in [5.74, 6) is 3.91. The van der Waals surface area contributed by atoms with Gasteiger partial charge in [-0.2, -0.15) is 0 Å². The van der Waals surface area contributed by atoms with Gasteiger partial charge in [-0.1, -0.05) is 18.1 Å². The molecule has 0 radical (unpaired) electrons. The zero-order chi connectivity index (χ0) is 19.8. The number of oxazole rings is 1. The Kier molecular flexibility index (Phi) is 5.23. The first-order chi connectivity index (χ1) is 14.2. The van der Waals surface area contributed by atoms with Crippen LogP contribution in [-0.4, -0.2) is 17.7 Å². The van der Waals surface area contributed by atoms with Crippen molar-refractivity contribution in [2.24, 2.45) is 22.9 Å². The molecule has 3 aliphatic carbocycles. The van der Waals surface area contributed by atoms with Crippen LogP contribution in [0.15, 0.2) is 27.7 Å². The molecule has 0 aliphatic heterocycles. The summed E-state index contributed by atoms with van der Waals surface area (Å²) in [6, 6.07) is 5.71. The van der Waals surface area contributed by atoms with Crippen LogP contribution < -0.4 is 0 Å². The van der Waals surface area contributed by atoms with Crippen molar-refractivity contribution in [3.05, 3.63) is 40.1 Å². The van der Waals surface area contributed by atoms with Gasteiger partial charge in [-0.3, -0.25) is 0 Å². The molecule has 3 aliphatic rings. The van der Waals surface area contributed by atoms with Gasteiger partial charge in [0.1, 0.15) is 5.52 Å². The van der Waals surface area contributed by atoms with Crippen LogP contribution in [0.5, 0.6) is 0 Å². The molecule has 3 fully saturated rings. The quantitative estimate of drug-likeness (QED) is 0.298. The second-order valence-electron chi connectivity index (χ2n) is 9.40. The fourth-order valence-corrected chi connectivity index (χ4v) is 5.06. The number of nitrogens with zero attached hydrogens (tertiary/aromatic N) is 4. The average molecular weight is 395 g/mol. The molecule has 2 aromatic rings. The van der Waals surface area contributed by atoms with Crippen molar-refractivity contribution in [1.82, 2.24) is 4.98 Å². The summed E-state index contributed by atoms with van der Waals surface area (Å²) in [7, 11) is 0. The van der Waals surface area contributed by atoms with Crippen LogP contribution in [0.1, 0.15) is 81.7 Å². The highest BCUT2D eigenvalue weighted by Crippen LogP contribution is 2.46. The lowest BCUT2D eigenvalue weighted by Gasteiger charge is -2.42. The maximum Gasteiger partial charge on any atom is 0.198 e. The molecule has 6 nitrogen and oxygen atoms in total. The van der Waals surface area contributed by atoms with Crippen molar-refractivity contribution in [2.75, 3.05) is 6.61 Å². The average Bonchev–Trinajstić information content (AvgIpc) is 3.43. The van der Waals surface area contributed by atoms with Crippen molar-refractivity contribution in [3.8, 4) is 0 Å². The van der Waals surface area contributed by atoms with Crippen LogP contribution in [0.4, 0.5) is 0 Å². The summed E-state index contributed by atoms with van der Waals surface area (Å²) in [4.78, 5) is 7.66. The first kappa shape index (κ1) is 19.0. The van der Waals surface area contributed by atoms with E-state index in [1.807, 2.05) is 25.1 Å². The number of benzene rings is 1. The summed E-state index contributed by atoms with van der Waals surface area (Å²) >= 11 is 0. The first-order valence-corrected chi connectivity index (χ1v) is 11.3. The van der Waals surface area contributed by atoms with Crippen LogP contribution in [0.2, 0.25) is 0 Å². The molecule has 1 aromatic heterocycles. The SMILES string of the molecule is CC(N=[N+]=[N-])c1ccc2nc(C3CCC(C4CC(OCC5CC5)C4)CC3)oc2c1. The predicted molar refractivity (Wildman–Crippen MR) is 111 cm³/mol. The Labute approximate surface area is 171 Å². The zero-order valence-electron chi connectivity index (χ0n) is 17.2. The van der Waals surface area contributed by atoms with Crippen LogP contribution in [0.3, 0.4) is 0 Å². The van der Waals surface area contributed by atoms with Gasteiger partial charge in [-0.05, 0) is 92.3 Å². The van der Waals surface area contributed by atoms with Gasteiger partial charge < -0.3 is 9.15 Å². The molecule has 1 heterocycles. The highest BCUT2D eigenvalue weighted by atomic mass is 16.5. The molecule has 0 N–H and O–H groups in total. The Balaban J connectivity index is 1.15. The number of fused-ring (bicyclic) bond motifs is 1. The van der Waals surface area contributed by atoms with Crippen molar-refractivity contribution < 1.29 is 9.15 Å². The Bertz CT molecular complexity index is 901. The van der Waals surface area contributed by atoms with Gasteiger partial charge in [0.25, 0.3) is 0 Å². The number of azide groups is 1. The van der Waals surface area contributed by atoms with Crippen LogP contribution in [0.25, 0.3) is 21.5 Å². The molecule has 5 rings (SSSR count). The van der Waals surface area contributed by atoms with E-state index in [0.717, 1.165) is 46.9 Å². The normalized spacial score (nSPS) is 30.5. The van der Waals surface area contributed by atoms with E-state index in [2.05, 4.69) is 10.0 Å². The smallest absolute Gasteiger partial charge is 0.198 e. The largest absolute Gasteiger partial charge is 0.440 e. The molecule has 0 spiro atoms. The van der Waals surface area contributed by atoms with E-state index in [1.54, 1.807) is 0 Å². The van der Waals surface area contributed by atoms with Crippen LogP contribution >= 0.6 is 0 Å². The van der Waals surface area contributed by atoms with E-state index in [1.165, 1.54) is 51.4 Å². The Morgan fingerprint density at radius 2 is 1.97 bits per heavy atom. The molecule has 6 heteroatoms. The van der Waals surface area contributed by atoms with Gasteiger partial charge >= 0.3 is 0 Å². The molecule has 3 saturated carbocycles. The second-order valence-corrected chi connectivity index (χ2v) is 9.40. The van der Waals surface area contributed by atoms with Crippen LogP contribution in [-0.2, 0) is 4.74 Å². The molecule has 1 aromatic carbocycles. The number of aromatic nitrogens is 1. The first-order valence-electron chi connectivity index (χ1n) is 11.3. The van der Waals surface area contributed by atoms with Gasteiger partial charge in [0.15, 0.2) is 11.5 Å². The summed E-state index contributed by atoms with van der Waals surface area (Å²) in [5, 5.41) is 3.77. The fraction of sp³-hybridized carbons (Fsp3) is 0.696. The van der Waals surface area contributed by atoms with E-state index in [-0.39, 0.29) is 6.04 Å². The lowest BCUT2D eigenvalue weighted by Crippen LogP contribution is -2.37. The zero-order valence-corrected chi connectivity index (χ0v) is 17.2. The van der Waals surface area contributed by atoms with Crippen molar-refractivity contribution in [1.29, 1.82) is 0 Å². The van der Waals surface area contributed by atoms with Gasteiger partial charge in [0.2, 0.25) is 0 Å². The molecule has 29 heavy (non-hydrogen) atoms. The maximum atomic E-state index is 8.65. The van der Waals surface area contributed by atoms with E-state index in [9.17, 15) is 0 Å². The number of ether oxygens (including phenoxy) is 1. The summed E-state index contributed by atoms with van der Waals surface area (Å²) in [5.41, 5.74) is 11.3. The van der Waals surface area contributed by atoms with Crippen molar-refractivity contribution in [2.45, 2.75) is 76.4 Å². The highest BCUT2D eigenvalue weighted by Gasteiger charge is 2.39. The van der Waals surface area contributed by atoms with E-state index in [4.69, 9.17) is 19.7 Å². The molecule has 0 saturated heterocycles. The molecule has 154 valence electrons. The Morgan fingerprint density at radius 1 is 1.17 bits per heavy atom. The van der Waals surface area contributed by atoms with Gasteiger partial charge in [-0.15, -0.1) is 0 Å². The maximum absolute atomic E-state index is 8.65. The minimum Gasteiger partial charge on any atom is -0.440 e. The molecule has 1 unspecified atom stereocenters. The standard InChI is InChI=1S/C23H30N4O2/c1-14(26-27-24)18-8-9-21-22(12-18)29-23(25-21)17-6-4-16(5-7-17)19-10-20(11-19)28-13-15-2-3-15/h8-9,12,14-17,19-20H,2-7,10-11,13H2,1H3. The Morgan fingerprint density at radius 3 is 2.69 bits per heavy atom. The van der Waals surface area contributed by atoms with Crippen LogP contribution in [0, 0.1) is 17.8 Å². The monoisotopic (exact) mass is 394 g/mol. The molecule has 1 atom stereocenters. The summed E-state index contributed by atoms with van der Waals surface area (Å²) in [6.07, 6.45) is 10.7. The molecule has 0 bridgehead atoms. The summed E-state index contributed by atoms with van der Waals surface area (Å²) in [6.45, 7) is 2.90. The minimum atomic E-state index is -0.201. The molecule has 0 amide bonds. The number of rotatable bonds is 7. The predicted octanol–water partition coefficient (Wildman–Crippen LogP) is 6.68. The third kappa shape index (κ3) is 4.15. The van der Waals surface area contributed by atoms with Crippen molar-refractivity contribution in [3.63, 3.8) is 0 Å². The third-order valence-electron chi connectivity index (χ3n) is 7.32. The fourth-order valence-electron chi connectivity index (χ4n) is 5.06. The van der Waals surface area contributed by atoms with Crippen molar-refractivity contribution >= 4 is 11.1 Å². The topological polar surface area (TPSA) is 84.0 Å². The second kappa shape index (κ2) is 8.00. The molecular weight excluding hydrogens is 364 g/mol. The van der Waals surface area contributed by atoms with Gasteiger partial charge in [0.05, 0.1) is 12.1 Å². The van der Waals surface area contributed by atoms with Gasteiger partial charge in [-0.25, -0.2) is 4.98 Å². The Hall–Kier alpha value is -2.04. The van der Waals surface area contributed by atoms with E-state index >= 15 is 0 Å². The lowest BCUT2D eigenvalue weighted by molar-refractivity contribution is -0.0565. The number of hydrogen-bond donors (Lipinski definition) is 0. The molecular formula is C23H30N4O2. The van der Waals surface area contributed by atoms with E-state index < -0.39 is 0 Å². The third-order valence-corrected chi connectivity index (χ3v) is 7.32. The van der Waals surface area contributed by atoms with E-state index in [0.29, 0.717) is 12.0 Å². The number of hydrogen-bond acceptors (Lipinski definition) is 4. The lowest BCUT2D eigenvalue weighted by atomic mass is 9.67. The summed E-state index contributed by atoms with van der Waals surface area (Å²) < 4.78 is 12.2.